The molecule has 1 aromatic heterocycles. The molecule has 1 amide bonds. The third-order valence-corrected chi connectivity index (χ3v) is 5.08. The van der Waals surface area contributed by atoms with E-state index in [1.165, 1.54) is 0 Å². The van der Waals surface area contributed by atoms with Crippen molar-refractivity contribution in [2.45, 2.75) is 32.5 Å². The molecule has 6 nitrogen and oxygen atoms in total. The average molecular weight is 394 g/mol. The van der Waals surface area contributed by atoms with Crippen molar-refractivity contribution in [2.24, 2.45) is 11.7 Å². The first-order valence-corrected chi connectivity index (χ1v) is 8.95. The number of nitrogens with zero attached hydrogens (tertiary/aromatic N) is 2. The number of rotatable bonds is 4. The zero-order valence-electron chi connectivity index (χ0n) is 15.3. The zero-order valence-corrected chi connectivity index (χ0v) is 15.3. The Morgan fingerprint density at radius 3 is 2.54 bits per heavy atom. The molecule has 0 saturated carbocycles. The number of likely N-dealkylation sites (tertiary alicyclic amines) is 1. The fourth-order valence-corrected chi connectivity index (χ4v) is 3.44. The summed E-state index contributed by atoms with van der Waals surface area (Å²) in [5, 5.41) is 0. The van der Waals surface area contributed by atoms with Crippen molar-refractivity contribution in [1.82, 2.24) is 14.9 Å². The van der Waals surface area contributed by atoms with Crippen LogP contribution in [0.2, 0.25) is 0 Å². The molecule has 0 atom stereocenters. The van der Waals surface area contributed by atoms with Gasteiger partial charge in [0.2, 0.25) is 5.91 Å². The van der Waals surface area contributed by atoms with Gasteiger partial charge >= 0.3 is 6.18 Å². The molecule has 9 heteroatoms. The van der Waals surface area contributed by atoms with E-state index >= 15 is 0 Å². The number of benzene rings is 1. The van der Waals surface area contributed by atoms with Gasteiger partial charge in [0.15, 0.2) is 5.69 Å². The Bertz CT molecular complexity index is 932. The maximum absolute atomic E-state index is 13.2. The van der Waals surface area contributed by atoms with Gasteiger partial charge in [-0.05, 0) is 38.4 Å². The standard InChI is InChI=1S/C19H21F3N4O2/c1-11-15(19(20,21)22)24-17(25-18(11)28)14-5-3-2-4-13(14)10-26-8-6-12(7-9-26)16(23)27/h2-5,12H,6-10H2,1H3,(H2,23,27)(H,24,25,28). The minimum Gasteiger partial charge on any atom is -0.369 e. The normalized spacial score (nSPS) is 16.3. The quantitative estimate of drug-likeness (QED) is 0.833. The van der Waals surface area contributed by atoms with Crippen LogP contribution in [0.5, 0.6) is 0 Å². The third kappa shape index (κ3) is 4.24. The SMILES string of the molecule is Cc1c(C(F)(F)F)nc(-c2ccccc2CN2CCC(C(N)=O)CC2)[nH]c1=O. The Morgan fingerprint density at radius 2 is 1.93 bits per heavy atom. The summed E-state index contributed by atoms with van der Waals surface area (Å²) in [4.78, 5) is 31.6. The molecule has 0 unspecified atom stereocenters. The number of H-pyrrole nitrogens is 1. The minimum absolute atomic E-state index is 0.106. The van der Waals surface area contributed by atoms with Crippen LogP contribution in [0.15, 0.2) is 29.1 Å². The smallest absolute Gasteiger partial charge is 0.369 e. The Labute approximate surface area is 159 Å². The van der Waals surface area contributed by atoms with Crippen LogP contribution in [0, 0.1) is 12.8 Å². The van der Waals surface area contributed by atoms with E-state index in [2.05, 4.69) is 14.9 Å². The van der Waals surface area contributed by atoms with Gasteiger partial charge in [-0.3, -0.25) is 14.5 Å². The molecule has 1 aliphatic rings. The fourth-order valence-electron chi connectivity index (χ4n) is 3.44. The highest BCUT2D eigenvalue weighted by molar-refractivity contribution is 5.76. The van der Waals surface area contributed by atoms with Crippen molar-refractivity contribution in [1.29, 1.82) is 0 Å². The summed E-state index contributed by atoms with van der Waals surface area (Å²) in [5.74, 6) is -0.553. The van der Waals surface area contributed by atoms with Gasteiger partial charge in [0, 0.05) is 23.6 Å². The number of primary amides is 1. The monoisotopic (exact) mass is 394 g/mol. The molecule has 1 aromatic carbocycles. The van der Waals surface area contributed by atoms with Gasteiger partial charge in [0.1, 0.15) is 5.82 Å². The molecule has 0 radical (unpaired) electrons. The predicted octanol–water partition coefficient (Wildman–Crippen LogP) is 2.46. The third-order valence-electron chi connectivity index (χ3n) is 5.08. The molecular formula is C19H21F3N4O2. The second-order valence-corrected chi connectivity index (χ2v) is 7.00. The highest BCUT2D eigenvalue weighted by atomic mass is 19.4. The molecule has 3 rings (SSSR count). The second-order valence-electron chi connectivity index (χ2n) is 7.00. The molecular weight excluding hydrogens is 373 g/mol. The molecule has 150 valence electrons. The van der Waals surface area contributed by atoms with E-state index in [0.717, 1.165) is 12.5 Å². The summed E-state index contributed by atoms with van der Waals surface area (Å²) in [7, 11) is 0. The van der Waals surface area contributed by atoms with Crippen molar-refractivity contribution >= 4 is 5.91 Å². The lowest BCUT2D eigenvalue weighted by Gasteiger charge is -2.31. The summed E-state index contributed by atoms with van der Waals surface area (Å²) in [6.45, 7) is 2.90. The predicted molar refractivity (Wildman–Crippen MR) is 97.2 cm³/mol. The maximum Gasteiger partial charge on any atom is 0.433 e. The first kappa shape index (κ1) is 20.1. The van der Waals surface area contributed by atoms with E-state index < -0.39 is 23.0 Å². The number of amides is 1. The van der Waals surface area contributed by atoms with E-state index in [-0.39, 0.29) is 17.6 Å². The molecule has 2 aromatic rings. The van der Waals surface area contributed by atoms with Gasteiger partial charge in [-0.2, -0.15) is 13.2 Å². The topological polar surface area (TPSA) is 92.1 Å². The number of carbonyl (C=O) groups is 1. The molecule has 1 fully saturated rings. The minimum atomic E-state index is -4.71. The summed E-state index contributed by atoms with van der Waals surface area (Å²) in [5.41, 5.74) is 4.10. The Hall–Kier alpha value is -2.68. The van der Waals surface area contributed by atoms with Crippen LogP contribution in [0.4, 0.5) is 13.2 Å². The fraction of sp³-hybridized carbons (Fsp3) is 0.421. The van der Waals surface area contributed by atoms with Gasteiger partial charge in [-0.1, -0.05) is 24.3 Å². The van der Waals surface area contributed by atoms with Gasteiger partial charge in [0.05, 0.1) is 0 Å². The number of hydrogen-bond donors (Lipinski definition) is 2. The van der Waals surface area contributed by atoms with Crippen LogP contribution in [-0.2, 0) is 17.5 Å². The summed E-state index contributed by atoms with van der Waals surface area (Å²) < 4.78 is 39.7. The van der Waals surface area contributed by atoms with Crippen LogP contribution in [0.3, 0.4) is 0 Å². The molecule has 1 saturated heterocycles. The first-order valence-electron chi connectivity index (χ1n) is 8.95. The van der Waals surface area contributed by atoms with Crippen LogP contribution >= 0.6 is 0 Å². The second kappa shape index (κ2) is 7.75. The van der Waals surface area contributed by atoms with E-state index in [1.807, 2.05) is 0 Å². The van der Waals surface area contributed by atoms with E-state index in [1.54, 1.807) is 24.3 Å². The van der Waals surface area contributed by atoms with E-state index in [4.69, 9.17) is 5.73 Å². The van der Waals surface area contributed by atoms with Crippen molar-refractivity contribution in [3.63, 3.8) is 0 Å². The Balaban J connectivity index is 1.90. The molecule has 1 aliphatic heterocycles. The number of carbonyl (C=O) groups excluding carboxylic acids is 1. The number of nitrogens with one attached hydrogen (secondary N) is 1. The number of alkyl halides is 3. The van der Waals surface area contributed by atoms with Gasteiger partial charge in [-0.25, -0.2) is 4.98 Å². The highest BCUT2D eigenvalue weighted by Gasteiger charge is 2.36. The van der Waals surface area contributed by atoms with Gasteiger partial charge in [-0.15, -0.1) is 0 Å². The summed E-state index contributed by atoms with van der Waals surface area (Å²) in [6.07, 6.45) is -3.41. The zero-order chi connectivity index (χ0) is 20.5. The summed E-state index contributed by atoms with van der Waals surface area (Å²) in [6, 6.07) is 6.90. The van der Waals surface area contributed by atoms with E-state index in [9.17, 15) is 22.8 Å². The van der Waals surface area contributed by atoms with Crippen LogP contribution in [-0.4, -0.2) is 33.9 Å². The average Bonchev–Trinajstić information content (AvgIpc) is 2.64. The van der Waals surface area contributed by atoms with Crippen molar-refractivity contribution < 1.29 is 18.0 Å². The number of aromatic nitrogens is 2. The molecule has 0 spiro atoms. The van der Waals surface area contributed by atoms with Crippen molar-refractivity contribution in [2.75, 3.05) is 13.1 Å². The molecule has 0 aliphatic carbocycles. The molecule has 0 bridgehead atoms. The van der Waals surface area contributed by atoms with E-state index in [0.29, 0.717) is 38.0 Å². The molecule has 28 heavy (non-hydrogen) atoms. The number of nitrogens with two attached hydrogens (primary N) is 1. The van der Waals surface area contributed by atoms with Gasteiger partial charge < -0.3 is 10.7 Å². The Kier molecular flexibility index (Phi) is 5.55. The maximum atomic E-state index is 13.2. The number of halogens is 3. The lowest BCUT2D eigenvalue weighted by molar-refractivity contribution is -0.141. The van der Waals surface area contributed by atoms with Crippen molar-refractivity contribution in [3.05, 3.63) is 51.4 Å². The van der Waals surface area contributed by atoms with Gasteiger partial charge in [0.25, 0.3) is 5.56 Å². The first-order chi connectivity index (χ1) is 13.2. The van der Waals surface area contributed by atoms with Crippen LogP contribution in [0.25, 0.3) is 11.4 Å². The summed E-state index contributed by atoms with van der Waals surface area (Å²) >= 11 is 0. The number of aromatic amines is 1. The number of piperidine rings is 1. The largest absolute Gasteiger partial charge is 0.433 e. The van der Waals surface area contributed by atoms with Crippen LogP contribution < -0.4 is 11.3 Å². The molecule has 2 heterocycles. The van der Waals surface area contributed by atoms with Crippen LogP contribution in [0.1, 0.15) is 29.7 Å². The lowest BCUT2D eigenvalue weighted by Crippen LogP contribution is -2.38. The lowest BCUT2D eigenvalue weighted by atomic mass is 9.95. The highest BCUT2D eigenvalue weighted by Crippen LogP contribution is 2.31. The molecule has 3 N–H and O–H groups in total. The van der Waals surface area contributed by atoms with Crippen molar-refractivity contribution in [3.8, 4) is 11.4 Å². The Morgan fingerprint density at radius 1 is 1.29 bits per heavy atom. The number of hydrogen-bond acceptors (Lipinski definition) is 4.